The Bertz CT molecular complexity index is 974. The molecule has 4 rings (SSSR count). The van der Waals surface area contributed by atoms with Crippen molar-refractivity contribution in [3.8, 4) is 17.1 Å². The number of ether oxygens (including phenoxy) is 1. The van der Waals surface area contributed by atoms with E-state index in [2.05, 4.69) is 9.97 Å². The summed E-state index contributed by atoms with van der Waals surface area (Å²) in [6.45, 7) is 0.722. The van der Waals surface area contributed by atoms with Gasteiger partial charge in [0.1, 0.15) is 5.75 Å². The van der Waals surface area contributed by atoms with Gasteiger partial charge in [0.2, 0.25) is 0 Å². The normalized spacial score (nSPS) is 16.2. The molecule has 0 unspecified atom stereocenters. The van der Waals surface area contributed by atoms with Crippen LogP contribution in [0, 0.1) is 0 Å². The molecule has 5 nitrogen and oxygen atoms in total. The van der Waals surface area contributed by atoms with E-state index in [0.717, 1.165) is 36.3 Å². The van der Waals surface area contributed by atoms with Crippen molar-refractivity contribution in [3.63, 3.8) is 0 Å². The number of amides is 1. The summed E-state index contributed by atoms with van der Waals surface area (Å²) < 4.78 is 5.33. The highest BCUT2D eigenvalue weighted by Gasteiger charge is 2.31. The zero-order valence-corrected chi connectivity index (χ0v) is 16.3. The highest BCUT2D eigenvalue weighted by Crippen LogP contribution is 2.34. The van der Waals surface area contributed by atoms with Crippen molar-refractivity contribution in [2.45, 2.75) is 18.9 Å². The standard InChI is InChI=1S/C22H20ClN3O2/c1-28-19-5-2-4-16(12-19)20-6-3-11-26(20)22(27)17-13-24-21(25-14-17)15-7-9-18(23)10-8-15/h2,4-5,7-10,12-14,20H,3,6,11H2,1H3/t20-/m0/s1. The first-order valence-electron chi connectivity index (χ1n) is 9.18. The van der Waals surface area contributed by atoms with Crippen LogP contribution in [0.1, 0.15) is 34.8 Å². The van der Waals surface area contributed by atoms with Gasteiger partial charge >= 0.3 is 0 Å². The third kappa shape index (κ3) is 3.71. The number of benzene rings is 2. The van der Waals surface area contributed by atoms with Gasteiger partial charge in [-0.05, 0) is 54.8 Å². The first kappa shape index (κ1) is 18.4. The van der Waals surface area contributed by atoms with Crippen molar-refractivity contribution >= 4 is 17.5 Å². The molecule has 1 atom stereocenters. The second-order valence-electron chi connectivity index (χ2n) is 6.74. The van der Waals surface area contributed by atoms with E-state index in [1.165, 1.54) is 0 Å². The lowest BCUT2D eigenvalue weighted by atomic mass is 10.0. The Hall–Kier alpha value is -2.92. The second kappa shape index (κ2) is 7.98. The maximum Gasteiger partial charge on any atom is 0.257 e. The summed E-state index contributed by atoms with van der Waals surface area (Å²) in [5.41, 5.74) is 2.44. The molecule has 0 saturated carbocycles. The van der Waals surface area contributed by atoms with Crippen molar-refractivity contribution < 1.29 is 9.53 Å². The van der Waals surface area contributed by atoms with Gasteiger partial charge in [-0.3, -0.25) is 4.79 Å². The molecule has 3 aromatic rings. The van der Waals surface area contributed by atoms with E-state index in [1.807, 2.05) is 41.3 Å². The number of aromatic nitrogens is 2. The highest BCUT2D eigenvalue weighted by molar-refractivity contribution is 6.30. The zero-order chi connectivity index (χ0) is 19.5. The Kier molecular flexibility index (Phi) is 5.26. The Balaban J connectivity index is 1.55. The first-order chi connectivity index (χ1) is 13.7. The molecule has 1 fully saturated rings. The van der Waals surface area contributed by atoms with E-state index in [1.54, 1.807) is 31.6 Å². The van der Waals surface area contributed by atoms with Crippen LogP contribution >= 0.6 is 11.6 Å². The van der Waals surface area contributed by atoms with Gasteiger partial charge in [0.15, 0.2) is 5.82 Å². The van der Waals surface area contributed by atoms with Crippen LogP contribution in [0.3, 0.4) is 0 Å². The monoisotopic (exact) mass is 393 g/mol. The Morgan fingerprint density at radius 2 is 1.89 bits per heavy atom. The van der Waals surface area contributed by atoms with E-state index in [-0.39, 0.29) is 11.9 Å². The second-order valence-corrected chi connectivity index (χ2v) is 7.17. The third-order valence-electron chi connectivity index (χ3n) is 4.99. The van der Waals surface area contributed by atoms with Crippen LogP contribution < -0.4 is 4.74 Å². The highest BCUT2D eigenvalue weighted by atomic mass is 35.5. The van der Waals surface area contributed by atoms with Crippen molar-refractivity contribution in [2.24, 2.45) is 0 Å². The predicted molar refractivity (Wildman–Crippen MR) is 108 cm³/mol. The van der Waals surface area contributed by atoms with Crippen molar-refractivity contribution in [3.05, 3.63) is 77.1 Å². The fourth-order valence-electron chi connectivity index (χ4n) is 3.56. The number of methoxy groups -OCH3 is 1. The number of nitrogens with zero attached hydrogens (tertiary/aromatic N) is 3. The molecular weight excluding hydrogens is 374 g/mol. The van der Waals surface area contributed by atoms with Crippen LogP contribution in [-0.2, 0) is 0 Å². The minimum Gasteiger partial charge on any atom is -0.497 e. The van der Waals surface area contributed by atoms with Gasteiger partial charge in [-0.2, -0.15) is 0 Å². The van der Waals surface area contributed by atoms with Gasteiger partial charge in [0, 0.05) is 29.5 Å². The number of carbonyl (C=O) groups excluding carboxylic acids is 1. The Labute approximate surface area is 169 Å². The summed E-state index contributed by atoms with van der Waals surface area (Å²) in [5, 5.41) is 0.660. The van der Waals surface area contributed by atoms with E-state index in [9.17, 15) is 4.79 Å². The summed E-state index contributed by atoms with van der Waals surface area (Å²) in [5.74, 6) is 1.32. The molecule has 0 spiro atoms. The van der Waals surface area contributed by atoms with Crippen molar-refractivity contribution in [1.82, 2.24) is 14.9 Å². The SMILES string of the molecule is COc1cccc([C@@H]2CCCN2C(=O)c2cnc(-c3ccc(Cl)cc3)nc2)c1. The predicted octanol–water partition coefficient (Wildman–Crippen LogP) is 4.78. The molecule has 0 bridgehead atoms. The third-order valence-corrected chi connectivity index (χ3v) is 5.25. The van der Waals surface area contributed by atoms with E-state index in [4.69, 9.17) is 16.3 Å². The summed E-state index contributed by atoms with van der Waals surface area (Å²) in [6, 6.07) is 15.3. The Morgan fingerprint density at radius 3 is 2.61 bits per heavy atom. The topological polar surface area (TPSA) is 55.3 Å². The summed E-state index contributed by atoms with van der Waals surface area (Å²) >= 11 is 5.92. The summed E-state index contributed by atoms with van der Waals surface area (Å²) in [7, 11) is 1.65. The molecule has 1 saturated heterocycles. The average molecular weight is 394 g/mol. The number of likely N-dealkylation sites (tertiary alicyclic amines) is 1. The number of hydrogen-bond acceptors (Lipinski definition) is 4. The van der Waals surface area contributed by atoms with E-state index < -0.39 is 0 Å². The maximum atomic E-state index is 13.1. The minimum absolute atomic E-state index is 0.0403. The van der Waals surface area contributed by atoms with Crippen LogP contribution in [0.5, 0.6) is 5.75 Å². The maximum absolute atomic E-state index is 13.1. The average Bonchev–Trinajstić information content (AvgIpc) is 3.24. The number of carbonyl (C=O) groups is 1. The van der Waals surface area contributed by atoms with E-state index >= 15 is 0 Å². The summed E-state index contributed by atoms with van der Waals surface area (Å²) in [4.78, 5) is 23.7. The van der Waals surface area contributed by atoms with Crippen LogP contribution in [0.2, 0.25) is 5.02 Å². The molecule has 0 aliphatic carbocycles. The lowest BCUT2D eigenvalue weighted by molar-refractivity contribution is 0.0734. The van der Waals surface area contributed by atoms with Crippen molar-refractivity contribution in [1.29, 1.82) is 0 Å². The number of hydrogen-bond donors (Lipinski definition) is 0. The van der Waals surface area contributed by atoms with Gasteiger partial charge in [-0.1, -0.05) is 23.7 Å². The van der Waals surface area contributed by atoms with Crippen molar-refractivity contribution in [2.75, 3.05) is 13.7 Å². The lowest BCUT2D eigenvalue weighted by Crippen LogP contribution is -2.30. The van der Waals surface area contributed by atoms with Gasteiger partial charge in [0.05, 0.1) is 18.7 Å². The molecule has 142 valence electrons. The molecule has 6 heteroatoms. The van der Waals surface area contributed by atoms with Gasteiger partial charge in [0.25, 0.3) is 5.91 Å². The van der Waals surface area contributed by atoms with Crippen LogP contribution in [-0.4, -0.2) is 34.4 Å². The summed E-state index contributed by atoms with van der Waals surface area (Å²) in [6.07, 6.45) is 5.10. The van der Waals surface area contributed by atoms with Gasteiger partial charge in [-0.15, -0.1) is 0 Å². The zero-order valence-electron chi connectivity index (χ0n) is 15.5. The smallest absolute Gasteiger partial charge is 0.257 e. The quantitative estimate of drug-likeness (QED) is 0.639. The van der Waals surface area contributed by atoms with Gasteiger partial charge < -0.3 is 9.64 Å². The fraction of sp³-hybridized carbons (Fsp3) is 0.227. The van der Waals surface area contributed by atoms with Crippen LogP contribution in [0.15, 0.2) is 60.9 Å². The molecule has 1 aliphatic heterocycles. The lowest BCUT2D eigenvalue weighted by Gasteiger charge is -2.25. The van der Waals surface area contributed by atoms with Gasteiger partial charge in [-0.25, -0.2) is 9.97 Å². The largest absolute Gasteiger partial charge is 0.497 e. The van der Waals surface area contributed by atoms with Crippen LogP contribution in [0.25, 0.3) is 11.4 Å². The molecular formula is C22H20ClN3O2. The molecule has 0 N–H and O–H groups in total. The Morgan fingerprint density at radius 1 is 1.14 bits per heavy atom. The number of halogens is 1. The molecule has 1 aromatic heterocycles. The first-order valence-corrected chi connectivity index (χ1v) is 9.56. The van der Waals surface area contributed by atoms with E-state index in [0.29, 0.717) is 16.4 Å². The molecule has 2 aromatic carbocycles. The molecule has 1 aliphatic rings. The van der Waals surface area contributed by atoms with Crippen LogP contribution in [0.4, 0.5) is 0 Å². The minimum atomic E-state index is -0.0482. The molecule has 1 amide bonds. The molecule has 2 heterocycles. The molecule has 0 radical (unpaired) electrons. The molecule has 28 heavy (non-hydrogen) atoms. The fourth-order valence-corrected chi connectivity index (χ4v) is 3.68. The number of rotatable bonds is 4.